The summed E-state index contributed by atoms with van der Waals surface area (Å²) in [6, 6.07) is 6.00. The Kier molecular flexibility index (Phi) is 2.35. The molecular weight excluding hydrogens is 216 g/mol. The fraction of sp³-hybridized carbons (Fsp3) is 0.385. The highest BCUT2D eigenvalue weighted by Crippen LogP contribution is 2.34. The van der Waals surface area contributed by atoms with E-state index in [1.807, 2.05) is 12.1 Å². The maximum absolute atomic E-state index is 11.3. The highest BCUT2D eigenvalue weighted by atomic mass is 16.5. The summed E-state index contributed by atoms with van der Waals surface area (Å²) in [5, 5.41) is 4.21. The van der Waals surface area contributed by atoms with Gasteiger partial charge in [-0.25, -0.2) is 5.43 Å². The van der Waals surface area contributed by atoms with Gasteiger partial charge in [0.15, 0.2) is 0 Å². The van der Waals surface area contributed by atoms with Gasteiger partial charge in [0, 0.05) is 23.5 Å². The lowest BCUT2D eigenvalue weighted by molar-refractivity contribution is -0.122. The zero-order chi connectivity index (χ0) is 11.8. The van der Waals surface area contributed by atoms with Crippen LogP contribution >= 0.6 is 0 Å². The van der Waals surface area contributed by atoms with Crippen molar-refractivity contribution in [3.63, 3.8) is 0 Å². The molecule has 1 atom stereocenters. The zero-order valence-corrected chi connectivity index (χ0v) is 9.69. The van der Waals surface area contributed by atoms with Gasteiger partial charge in [0.2, 0.25) is 5.91 Å². The average Bonchev–Trinajstić information content (AvgIpc) is 2.37. The van der Waals surface area contributed by atoms with Crippen LogP contribution in [0.3, 0.4) is 0 Å². The van der Waals surface area contributed by atoms with Crippen molar-refractivity contribution in [2.75, 3.05) is 7.11 Å². The van der Waals surface area contributed by atoms with Gasteiger partial charge in [-0.05, 0) is 18.9 Å². The van der Waals surface area contributed by atoms with Gasteiger partial charge in [-0.15, -0.1) is 0 Å². The van der Waals surface area contributed by atoms with E-state index >= 15 is 0 Å². The van der Waals surface area contributed by atoms with Crippen molar-refractivity contribution >= 4 is 11.6 Å². The molecule has 4 nitrogen and oxygen atoms in total. The molecule has 0 radical (unpaired) electrons. The summed E-state index contributed by atoms with van der Waals surface area (Å²) in [6.45, 7) is 0. The van der Waals surface area contributed by atoms with E-state index in [2.05, 4.69) is 16.6 Å². The molecule has 1 heterocycles. The van der Waals surface area contributed by atoms with Gasteiger partial charge in [0.05, 0.1) is 12.8 Å². The summed E-state index contributed by atoms with van der Waals surface area (Å²) in [5.74, 6) is 1.20. The van der Waals surface area contributed by atoms with E-state index in [0.29, 0.717) is 6.42 Å². The number of hydrogen-bond donors (Lipinski definition) is 1. The first-order valence-corrected chi connectivity index (χ1v) is 5.82. The van der Waals surface area contributed by atoms with E-state index < -0.39 is 0 Å². The predicted molar refractivity (Wildman–Crippen MR) is 64.1 cm³/mol. The number of hydrogen-bond acceptors (Lipinski definition) is 3. The molecule has 1 amide bonds. The molecule has 17 heavy (non-hydrogen) atoms. The fourth-order valence-electron chi connectivity index (χ4n) is 2.67. The molecule has 0 aromatic heterocycles. The van der Waals surface area contributed by atoms with Gasteiger partial charge in [0.1, 0.15) is 5.75 Å². The summed E-state index contributed by atoms with van der Waals surface area (Å²) in [6.07, 6.45) is 2.48. The minimum atomic E-state index is 0.0186. The zero-order valence-electron chi connectivity index (χ0n) is 9.69. The third kappa shape index (κ3) is 1.60. The standard InChI is InChI=1S/C13H14N2O2/c1-17-11-4-2-3-10-9(11)6-5-8-7-12(16)14-15-13(8)10/h2-4,8H,5-7H2,1H3,(H,14,16)/t8-/m1/s1. The highest BCUT2D eigenvalue weighted by molar-refractivity contribution is 6.08. The molecule has 0 saturated heterocycles. The van der Waals surface area contributed by atoms with E-state index in [9.17, 15) is 4.79 Å². The number of carbonyl (C=O) groups excluding carboxylic acids is 1. The maximum atomic E-state index is 11.3. The molecule has 4 heteroatoms. The van der Waals surface area contributed by atoms with Crippen molar-refractivity contribution in [1.82, 2.24) is 5.43 Å². The summed E-state index contributed by atoms with van der Waals surface area (Å²) in [7, 11) is 1.69. The van der Waals surface area contributed by atoms with Gasteiger partial charge >= 0.3 is 0 Å². The summed E-state index contributed by atoms with van der Waals surface area (Å²) in [4.78, 5) is 11.3. The van der Waals surface area contributed by atoms with Crippen molar-refractivity contribution in [2.45, 2.75) is 19.3 Å². The lowest BCUT2D eigenvalue weighted by Gasteiger charge is -2.29. The summed E-state index contributed by atoms with van der Waals surface area (Å²) < 4.78 is 5.37. The van der Waals surface area contributed by atoms with Crippen LogP contribution in [-0.4, -0.2) is 18.7 Å². The first-order chi connectivity index (χ1) is 8.29. The number of carbonyl (C=O) groups is 1. The molecule has 2 aliphatic rings. The molecule has 1 N–H and O–H groups in total. The first-order valence-electron chi connectivity index (χ1n) is 5.82. The third-order valence-corrected chi connectivity index (χ3v) is 3.49. The Bertz CT molecular complexity index is 508. The maximum Gasteiger partial charge on any atom is 0.240 e. The van der Waals surface area contributed by atoms with E-state index in [1.165, 1.54) is 5.56 Å². The minimum Gasteiger partial charge on any atom is -0.496 e. The van der Waals surface area contributed by atoms with Crippen LogP contribution in [0.4, 0.5) is 0 Å². The second kappa shape index (κ2) is 3.87. The molecule has 0 saturated carbocycles. The lowest BCUT2D eigenvalue weighted by Crippen LogP contribution is -2.36. The van der Waals surface area contributed by atoms with Crippen molar-refractivity contribution in [3.8, 4) is 5.75 Å². The molecule has 0 unspecified atom stereocenters. The highest BCUT2D eigenvalue weighted by Gasteiger charge is 2.31. The minimum absolute atomic E-state index is 0.0186. The molecule has 1 aliphatic carbocycles. The Morgan fingerprint density at radius 2 is 2.35 bits per heavy atom. The smallest absolute Gasteiger partial charge is 0.240 e. The Morgan fingerprint density at radius 1 is 1.47 bits per heavy atom. The topological polar surface area (TPSA) is 50.7 Å². The molecule has 1 aromatic carbocycles. The first kappa shape index (κ1) is 10.3. The Hall–Kier alpha value is -1.84. The number of nitrogens with one attached hydrogen (secondary N) is 1. The van der Waals surface area contributed by atoms with Crippen LogP contribution in [0, 0.1) is 5.92 Å². The van der Waals surface area contributed by atoms with Gasteiger partial charge in [0.25, 0.3) is 0 Å². The molecule has 1 aromatic rings. The van der Waals surface area contributed by atoms with Crippen LogP contribution in [0.15, 0.2) is 23.3 Å². The number of nitrogens with zero attached hydrogens (tertiary/aromatic N) is 1. The molecule has 1 aliphatic heterocycles. The third-order valence-electron chi connectivity index (χ3n) is 3.49. The summed E-state index contributed by atoms with van der Waals surface area (Å²) in [5.41, 5.74) is 5.91. The van der Waals surface area contributed by atoms with Crippen LogP contribution in [0.25, 0.3) is 0 Å². The van der Waals surface area contributed by atoms with Gasteiger partial charge in [-0.2, -0.15) is 5.10 Å². The average molecular weight is 230 g/mol. The van der Waals surface area contributed by atoms with Crippen LogP contribution in [0.1, 0.15) is 24.0 Å². The number of rotatable bonds is 1. The molecule has 0 fully saturated rings. The monoisotopic (exact) mass is 230 g/mol. The van der Waals surface area contributed by atoms with Gasteiger partial charge in [-0.1, -0.05) is 12.1 Å². The Balaban J connectivity index is 2.10. The van der Waals surface area contributed by atoms with Crippen molar-refractivity contribution in [3.05, 3.63) is 29.3 Å². The number of fused-ring (bicyclic) bond motifs is 3. The number of ether oxygens (including phenoxy) is 1. The number of methoxy groups -OCH3 is 1. The van der Waals surface area contributed by atoms with Crippen LogP contribution in [0.5, 0.6) is 5.75 Å². The Labute approximate surface area is 99.7 Å². The molecular formula is C13H14N2O2. The number of amides is 1. The van der Waals surface area contributed by atoms with Crippen molar-refractivity contribution in [2.24, 2.45) is 11.0 Å². The van der Waals surface area contributed by atoms with Crippen LogP contribution < -0.4 is 10.2 Å². The largest absolute Gasteiger partial charge is 0.496 e. The van der Waals surface area contributed by atoms with Crippen LogP contribution in [-0.2, 0) is 11.2 Å². The molecule has 88 valence electrons. The Morgan fingerprint density at radius 3 is 3.18 bits per heavy atom. The lowest BCUT2D eigenvalue weighted by atomic mass is 9.79. The quantitative estimate of drug-likeness (QED) is 0.794. The van der Waals surface area contributed by atoms with Crippen molar-refractivity contribution < 1.29 is 9.53 Å². The van der Waals surface area contributed by atoms with E-state index in [1.54, 1.807) is 7.11 Å². The van der Waals surface area contributed by atoms with E-state index in [-0.39, 0.29) is 11.8 Å². The SMILES string of the molecule is COc1cccc2c1CC[C@@H]1CC(=O)NN=C21. The predicted octanol–water partition coefficient (Wildman–Crippen LogP) is 1.48. The van der Waals surface area contributed by atoms with Gasteiger partial charge in [-0.3, -0.25) is 4.79 Å². The fourth-order valence-corrected chi connectivity index (χ4v) is 2.67. The second-order valence-corrected chi connectivity index (χ2v) is 4.46. The summed E-state index contributed by atoms with van der Waals surface area (Å²) >= 11 is 0. The molecule has 0 spiro atoms. The molecule has 0 bridgehead atoms. The van der Waals surface area contributed by atoms with Crippen LogP contribution in [0.2, 0.25) is 0 Å². The van der Waals surface area contributed by atoms with Crippen molar-refractivity contribution in [1.29, 1.82) is 0 Å². The van der Waals surface area contributed by atoms with E-state index in [4.69, 9.17) is 4.74 Å². The number of benzene rings is 1. The second-order valence-electron chi connectivity index (χ2n) is 4.46. The van der Waals surface area contributed by atoms with Gasteiger partial charge < -0.3 is 4.74 Å². The van der Waals surface area contributed by atoms with E-state index in [0.717, 1.165) is 29.9 Å². The normalized spacial score (nSPS) is 22.1. The number of hydrazone groups is 1. The molecule has 3 rings (SSSR count).